The van der Waals surface area contributed by atoms with Crippen LogP contribution in [0.15, 0.2) is 60.9 Å². The maximum atomic E-state index is 9.72. The van der Waals surface area contributed by atoms with Crippen molar-refractivity contribution in [3.63, 3.8) is 0 Å². The highest BCUT2D eigenvalue weighted by Gasteiger charge is 2.15. The lowest BCUT2D eigenvalue weighted by atomic mass is 10.0. The third-order valence-electron chi connectivity index (χ3n) is 6.35. The summed E-state index contributed by atoms with van der Waals surface area (Å²) in [7, 11) is 1.72. The van der Waals surface area contributed by atoms with Crippen molar-refractivity contribution >= 4 is 27.5 Å². The molecule has 0 saturated heterocycles. The first-order valence-electron chi connectivity index (χ1n) is 11.1. The number of aryl methyl sites for hydroxylation is 1. The van der Waals surface area contributed by atoms with Crippen LogP contribution in [0, 0.1) is 0 Å². The first-order valence-corrected chi connectivity index (χ1v) is 11.1. The number of unbranched alkanes of at least 4 members (excludes halogenated alkanes) is 1. The van der Waals surface area contributed by atoms with Crippen molar-refractivity contribution in [3.05, 3.63) is 66.5 Å². The molecule has 5 nitrogen and oxygen atoms in total. The van der Waals surface area contributed by atoms with Crippen LogP contribution in [0.1, 0.15) is 31.2 Å². The number of rotatable bonds is 7. The molecule has 1 aliphatic rings. The van der Waals surface area contributed by atoms with Crippen LogP contribution in [0.25, 0.3) is 27.5 Å². The van der Waals surface area contributed by atoms with Gasteiger partial charge in [0.25, 0.3) is 0 Å². The van der Waals surface area contributed by atoms with Crippen LogP contribution in [-0.2, 0) is 6.42 Å². The average Bonchev–Trinajstić information content (AvgIpc) is 3.40. The summed E-state index contributed by atoms with van der Waals surface area (Å²) < 4.78 is 7.65. The maximum absolute atomic E-state index is 9.72. The number of benzene rings is 2. The second kappa shape index (κ2) is 8.52. The molecule has 0 amide bonds. The second-order valence-electron chi connectivity index (χ2n) is 8.37. The van der Waals surface area contributed by atoms with Crippen molar-refractivity contribution in [1.82, 2.24) is 14.9 Å². The molecule has 3 N–H and O–H groups in total. The van der Waals surface area contributed by atoms with Crippen molar-refractivity contribution in [3.8, 4) is 11.5 Å². The van der Waals surface area contributed by atoms with Crippen LogP contribution in [0.3, 0.4) is 0 Å². The third-order valence-corrected chi connectivity index (χ3v) is 6.35. The molecule has 1 aliphatic heterocycles. The van der Waals surface area contributed by atoms with Gasteiger partial charge in [0.15, 0.2) is 0 Å². The lowest BCUT2D eigenvalue weighted by Crippen LogP contribution is -2.32. The highest BCUT2D eigenvalue weighted by Crippen LogP contribution is 2.28. The number of H-pyrrole nitrogens is 1. The number of methoxy groups -OCH3 is 1. The van der Waals surface area contributed by atoms with E-state index in [0.29, 0.717) is 11.8 Å². The summed E-state index contributed by atoms with van der Waals surface area (Å²) in [6, 6.07) is 14.3. The number of fused-ring (bicyclic) bond motifs is 2. The van der Waals surface area contributed by atoms with Crippen LogP contribution in [0.2, 0.25) is 0 Å². The number of aromatic amines is 1. The summed E-state index contributed by atoms with van der Waals surface area (Å²) in [5.74, 6) is 1.22. The van der Waals surface area contributed by atoms with Gasteiger partial charge >= 0.3 is 0 Å². The van der Waals surface area contributed by atoms with Gasteiger partial charge in [0, 0.05) is 53.4 Å². The van der Waals surface area contributed by atoms with Crippen LogP contribution < -0.4 is 10.1 Å². The molecule has 0 spiro atoms. The highest BCUT2D eigenvalue weighted by atomic mass is 16.5. The highest BCUT2D eigenvalue weighted by molar-refractivity contribution is 5.85. The predicted molar refractivity (Wildman–Crippen MR) is 127 cm³/mol. The minimum absolute atomic E-state index is 0.316. The number of ether oxygens (including phenoxy) is 1. The third kappa shape index (κ3) is 4.06. The van der Waals surface area contributed by atoms with E-state index in [9.17, 15) is 5.11 Å². The SMILES string of the molecule is COc1ccc2[nH]cc(CCCCC3C=C(n4ccc5cc(O)ccc54)CCN3)c2c1. The molecule has 2 aromatic carbocycles. The number of phenols is 1. The lowest BCUT2D eigenvalue weighted by molar-refractivity contribution is 0.415. The Hall–Kier alpha value is -3.18. The van der Waals surface area contributed by atoms with Gasteiger partial charge in [0.1, 0.15) is 11.5 Å². The fraction of sp³-hybridized carbons (Fsp3) is 0.308. The average molecular weight is 416 g/mol. The fourth-order valence-corrected chi connectivity index (χ4v) is 4.70. The number of hydrogen-bond acceptors (Lipinski definition) is 3. The number of phenolic OH excluding ortho intramolecular Hbond substituents is 1. The lowest BCUT2D eigenvalue weighted by Gasteiger charge is -2.24. The number of nitrogens with one attached hydrogen (secondary N) is 2. The zero-order chi connectivity index (χ0) is 21.2. The minimum Gasteiger partial charge on any atom is -0.508 e. The molecule has 4 aromatic rings. The van der Waals surface area contributed by atoms with E-state index in [1.165, 1.54) is 28.6 Å². The molecule has 2 aromatic heterocycles. The topological polar surface area (TPSA) is 62.2 Å². The Bertz CT molecular complexity index is 1230. The van der Waals surface area contributed by atoms with E-state index in [-0.39, 0.29) is 0 Å². The molecule has 1 unspecified atom stereocenters. The molecule has 0 saturated carbocycles. The van der Waals surface area contributed by atoms with E-state index < -0.39 is 0 Å². The molecular formula is C26H29N3O2. The predicted octanol–water partition coefficient (Wildman–Crippen LogP) is 5.45. The summed E-state index contributed by atoms with van der Waals surface area (Å²) in [6.07, 6.45) is 12.2. The smallest absolute Gasteiger partial charge is 0.119 e. The molecule has 0 radical (unpaired) electrons. The zero-order valence-corrected chi connectivity index (χ0v) is 17.9. The number of nitrogens with zero attached hydrogens (tertiary/aromatic N) is 1. The van der Waals surface area contributed by atoms with E-state index in [4.69, 9.17) is 4.74 Å². The number of aromatic hydroxyl groups is 1. The first kappa shape index (κ1) is 19.8. The van der Waals surface area contributed by atoms with Gasteiger partial charge in [-0.25, -0.2) is 0 Å². The van der Waals surface area contributed by atoms with E-state index in [1.54, 1.807) is 13.2 Å². The van der Waals surface area contributed by atoms with Crippen molar-refractivity contribution in [2.75, 3.05) is 13.7 Å². The van der Waals surface area contributed by atoms with Gasteiger partial charge in [-0.05, 0) is 73.4 Å². The number of hydrogen-bond donors (Lipinski definition) is 3. The molecule has 160 valence electrons. The standard InChI is InChI=1S/C26H29N3O2/c1-31-23-7-8-25-24(16-23)19(17-28-25)4-2-3-5-20-15-21(10-12-27-20)29-13-11-18-14-22(30)6-9-26(18)29/h6-9,11,13-17,20,27-28,30H,2-5,10,12H2,1H3. The molecule has 0 bridgehead atoms. The summed E-state index contributed by atoms with van der Waals surface area (Å²) in [4.78, 5) is 3.37. The molecular weight excluding hydrogens is 386 g/mol. The van der Waals surface area contributed by atoms with E-state index >= 15 is 0 Å². The number of aromatic nitrogens is 2. The van der Waals surface area contributed by atoms with Crippen molar-refractivity contribution in [2.24, 2.45) is 0 Å². The summed E-state index contributed by atoms with van der Waals surface area (Å²) in [5, 5.41) is 15.7. The molecule has 5 rings (SSSR count). The monoisotopic (exact) mass is 415 g/mol. The Labute approximate surface area is 182 Å². The van der Waals surface area contributed by atoms with E-state index in [2.05, 4.69) is 51.5 Å². The van der Waals surface area contributed by atoms with Crippen molar-refractivity contribution in [1.29, 1.82) is 0 Å². The molecule has 1 atom stereocenters. The fourth-order valence-electron chi connectivity index (χ4n) is 4.70. The summed E-state index contributed by atoms with van der Waals surface area (Å²) >= 11 is 0. The van der Waals surface area contributed by atoms with Crippen LogP contribution >= 0.6 is 0 Å². The minimum atomic E-state index is 0.316. The first-order chi connectivity index (χ1) is 15.2. The summed E-state index contributed by atoms with van der Waals surface area (Å²) in [5.41, 5.74) is 5.03. The Morgan fingerprint density at radius 1 is 1.13 bits per heavy atom. The Morgan fingerprint density at radius 2 is 2.06 bits per heavy atom. The molecule has 0 aliphatic carbocycles. The van der Waals surface area contributed by atoms with E-state index in [0.717, 1.165) is 48.9 Å². The normalized spacial score (nSPS) is 16.7. The van der Waals surface area contributed by atoms with Gasteiger partial charge in [0.2, 0.25) is 0 Å². The van der Waals surface area contributed by atoms with Gasteiger partial charge in [-0.2, -0.15) is 0 Å². The molecule has 5 heteroatoms. The van der Waals surface area contributed by atoms with Crippen molar-refractivity contribution in [2.45, 2.75) is 38.1 Å². The van der Waals surface area contributed by atoms with Crippen LogP contribution in [0.5, 0.6) is 11.5 Å². The van der Waals surface area contributed by atoms with Crippen LogP contribution in [-0.4, -0.2) is 34.4 Å². The van der Waals surface area contributed by atoms with E-state index in [1.807, 2.05) is 18.2 Å². The zero-order valence-electron chi connectivity index (χ0n) is 17.9. The van der Waals surface area contributed by atoms with Gasteiger partial charge < -0.3 is 24.7 Å². The maximum Gasteiger partial charge on any atom is 0.119 e. The molecule has 3 heterocycles. The van der Waals surface area contributed by atoms with Gasteiger partial charge in [0.05, 0.1) is 12.6 Å². The van der Waals surface area contributed by atoms with Crippen molar-refractivity contribution < 1.29 is 9.84 Å². The Morgan fingerprint density at radius 3 is 2.97 bits per heavy atom. The summed E-state index contributed by atoms with van der Waals surface area (Å²) in [6.45, 7) is 0.997. The van der Waals surface area contributed by atoms with Gasteiger partial charge in [-0.1, -0.05) is 6.42 Å². The Balaban J connectivity index is 1.22. The van der Waals surface area contributed by atoms with Gasteiger partial charge in [-0.15, -0.1) is 0 Å². The molecule has 31 heavy (non-hydrogen) atoms. The quantitative estimate of drug-likeness (QED) is 0.352. The van der Waals surface area contributed by atoms with Gasteiger partial charge in [-0.3, -0.25) is 0 Å². The second-order valence-corrected chi connectivity index (χ2v) is 8.37. The molecule has 0 fully saturated rings. The Kier molecular flexibility index (Phi) is 5.43. The largest absolute Gasteiger partial charge is 0.508 e. The van der Waals surface area contributed by atoms with Crippen LogP contribution in [0.4, 0.5) is 0 Å².